The Morgan fingerprint density at radius 2 is 2.14 bits per heavy atom. The van der Waals surface area contributed by atoms with Gasteiger partial charge in [0.05, 0.1) is 6.42 Å². The van der Waals surface area contributed by atoms with Crippen molar-refractivity contribution in [3.8, 4) is 0 Å². The van der Waals surface area contributed by atoms with Crippen molar-refractivity contribution in [2.75, 3.05) is 18.1 Å². The van der Waals surface area contributed by atoms with Crippen molar-refractivity contribution < 1.29 is 9.90 Å². The molecule has 1 heterocycles. The molecule has 0 amide bonds. The van der Waals surface area contributed by atoms with Crippen LogP contribution in [0.3, 0.4) is 0 Å². The summed E-state index contributed by atoms with van der Waals surface area (Å²) in [7, 11) is 0. The van der Waals surface area contributed by atoms with E-state index in [1.165, 1.54) is 0 Å². The molecular weight excluding hydrogens is 198 g/mol. The first-order chi connectivity index (χ1) is 6.39. The highest BCUT2D eigenvalue weighted by atomic mass is 32.2. The molecule has 0 aliphatic carbocycles. The van der Waals surface area contributed by atoms with Gasteiger partial charge in [-0.15, -0.1) is 0 Å². The van der Waals surface area contributed by atoms with Crippen LogP contribution in [0.25, 0.3) is 0 Å². The smallest absolute Gasteiger partial charge is 0.303 e. The van der Waals surface area contributed by atoms with Gasteiger partial charge >= 0.3 is 5.97 Å². The molecule has 0 aromatic rings. The van der Waals surface area contributed by atoms with E-state index in [0.717, 1.165) is 17.9 Å². The van der Waals surface area contributed by atoms with E-state index in [1.54, 1.807) is 0 Å². The minimum Gasteiger partial charge on any atom is -0.481 e. The third kappa shape index (κ3) is 2.89. The lowest BCUT2D eigenvalue weighted by atomic mass is 9.72. The van der Waals surface area contributed by atoms with E-state index >= 15 is 0 Å². The molecule has 0 radical (unpaired) electrons. The van der Waals surface area contributed by atoms with Crippen molar-refractivity contribution in [1.29, 1.82) is 0 Å². The highest BCUT2D eigenvalue weighted by Crippen LogP contribution is 2.45. The van der Waals surface area contributed by atoms with Crippen LogP contribution in [-0.2, 0) is 4.79 Å². The van der Waals surface area contributed by atoms with Gasteiger partial charge in [-0.1, -0.05) is 13.8 Å². The predicted octanol–water partition coefficient (Wildman–Crippen LogP) is 1.57. The van der Waals surface area contributed by atoms with Gasteiger partial charge in [-0.3, -0.25) is 4.79 Å². The van der Waals surface area contributed by atoms with E-state index in [2.05, 4.69) is 13.8 Å². The molecule has 1 atom stereocenters. The molecule has 1 unspecified atom stereocenters. The predicted molar refractivity (Wildman–Crippen MR) is 59.5 cm³/mol. The Bertz CT molecular complexity index is 230. The summed E-state index contributed by atoms with van der Waals surface area (Å²) in [4.78, 5) is 10.8. The molecule has 4 heteroatoms. The fraction of sp³-hybridized carbons (Fsp3) is 0.900. The Balaban J connectivity index is 2.73. The van der Waals surface area contributed by atoms with Crippen LogP contribution in [0.5, 0.6) is 0 Å². The van der Waals surface area contributed by atoms with Gasteiger partial charge in [0, 0.05) is 11.2 Å². The van der Waals surface area contributed by atoms with Crippen LogP contribution < -0.4 is 5.73 Å². The zero-order chi connectivity index (χ0) is 10.8. The average molecular weight is 217 g/mol. The van der Waals surface area contributed by atoms with E-state index in [9.17, 15) is 4.79 Å². The summed E-state index contributed by atoms with van der Waals surface area (Å²) in [5.41, 5.74) is 5.77. The van der Waals surface area contributed by atoms with Gasteiger partial charge in [0.15, 0.2) is 0 Å². The van der Waals surface area contributed by atoms with E-state index in [4.69, 9.17) is 10.8 Å². The first-order valence-electron chi connectivity index (χ1n) is 4.89. The van der Waals surface area contributed by atoms with E-state index in [1.807, 2.05) is 11.8 Å². The lowest BCUT2D eigenvalue weighted by Gasteiger charge is -2.43. The van der Waals surface area contributed by atoms with Gasteiger partial charge in [-0.2, -0.15) is 11.8 Å². The Morgan fingerprint density at radius 3 is 2.57 bits per heavy atom. The maximum atomic E-state index is 10.8. The van der Waals surface area contributed by atoms with Gasteiger partial charge in [-0.25, -0.2) is 0 Å². The van der Waals surface area contributed by atoms with Crippen LogP contribution in [0.1, 0.15) is 26.7 Å². The van der Waals surface area contributed by atoms with Crippen molar-refractivity contribution >= 4 is 17.7 Å². The van der Waals surface area contributed by atoms with Crippen molar-refractivity contribution in [3.63, 3.8) is 0 Å². The van der Waals surface area contributed by atoms with Crippen molar-refractivity contribution in [3.05, 3.63) is 0 Å². The van der Waals surface area contributed by atoms with E-state index < -0.39 is 5.97 Å². The molecule has 0 spiro atoms. The molecule has 14 heavy (non-hydrogen) atoms. The molecule has 3 N–H and O–H groups in total. The van der Waals surface area contributed by atoms with Crippen molar-refractivity contribution in [2.24, 2.45) is 16.6 Å². The second-order valence-electron chi connectivity index (χ2n) is 5.11. The molecule has 82 valence electrons. The van der Waals surface area contributed by atoms with Crippen LogP contribution >= 0.6 is 11.8 Å². The number of carbonyl (C=O) groups is 1. The maximum absolute atomic E-state index is 10.8. The summed E-state index contributed by atoms with van der Waals surface area (Å²) in [6.45, 7) is 4.85. The quantitative estimate of drug-likeness (QED) is 0.753. The van der Waals surface area contributed by atoms with E-state index in [0.29, 0.717) is 6.54 Å². The number of hydrogen-bond acceptors (Lipinski definition) is 3. The molecule has 0 saturated carbocycles. The molecule has 0 aromatic carbocycles. The second kappa shape index (κ2) is 4.11. The summed E-state index contributed by atoms with van der Waals surface area (Å²) >= 11 is 1.83. The lowest BCUT2D eigenvalue weighted by Crippen LogP contribution is -2.43. The highest BCUT2D eigenvalue weighted by molar-refractivity contribution is 7.99. The summed E-state index contributed by atoms with van der Waals surface area (Å²) in [5.74, 6) is 1.27. The first-order valence-corrected chi connectivity index (χ1v) is 6.04. The zero-order valence-electron chi connectivity index (χ0n) is 8.88. The number of carboxylic acid groups (broad SMARTS) is 1. The fourth-order valence-corrected chi connectivity index (χ4v) is 3.81. The number of thioether (sulfide) groups is 1. The molecule has 1 saturated heterocycles. The second-order valence-corrected chi connectivity index (χ2v) is 6.09. The Labute approximate surface area is 89.4 Å². The molecule has 1 aliphatic rings. The van der Waals surface area contributed by atoms with Crippen LogP contribution in [0.2, 0.25) is 0 Å². The molecule has 0 aromatic heterocycles. The molecule has 3 nitrogen and oxygen atoms in total. The summed E-state index contributed by atoms with van der Waals surface area (Å²) in [6, 6.07) is 0. The van der Waals surface area contributed by atoms with Gasteiger partial charge in [-0.05, 0) is 24.1 Å². The topological polar surface area (TPSA) is 63.3 Å². The number of rotatable bonds is 3. The molecule has 0 bridgehead atoms. The van der Waals surface area contributed by atoms with Crippen molar-refractivity contribution in [1.82, 2.24) is 0 Å². The molecule has 1 fully saturated rings. The molecule has 1 rings (SSSR count). The van der Waals surface area contributed by atoms with Gasteiger partial charge in [0.25, 0.3) is 0 Å². The summed E-state index contributed by atoms with van der Waals surface area (Å²) in [6.07, 6.45) is 1.13. The van der Waals surface area contributed by atoms with Crippen molar-refractivity contribution in [2.45, 2.75) is 26.7 Å². The Morgan fingerprint density at radius 1 is 1.50 bits per heavy atom. The molecular formula is C10H19NO2S. The highest BCUT2D eigenvalue weighted by Gasteiger charge is 2.40. The minimum absolute atomic E-state index is 0.182. The number of carboxylic acids is 1. The normalized spacial score (nSPS) is 31.4. The van der Waals surface area contributed by atoms with Crippen LogP contribution in [-0.4, -0.2) is 29.1 Å². The molecule has 1 aliphatic heterocycles. The standard InChI is InChI=1S/C10H19NO2S/c1-9(2)4-10(5-11,3-8(12)13)7-14-6-9/h3-7,11H2,1-2H3,(H,12,13). The lowest BCUT2D eigenvalue weighted by molar-refractivity contribution is -0.139. The third-order valence-electron chi connectivity index (χ3n) is 2.71. The number of hydrogen-bond donors (Lipinski definition) is 2. The Kier molecular flexibility index (Phi) is 3.48. The maximum Gasteiger partial charge on any atom is 0.303 e. The largest absolute Gasteiger partial charge is 0.481 e. The number of nitrogens with two attached hydrogens (primary N) is 1. The van der Waals surface area contributed by atoms with Gasteiger partial charge < -0.3 is 10.8 Å². The minimum atomic E-state index is -0.728. The number of aliphatic carboxylic acids is 1. The monoisotopic (exact) mass is 217 g/mol. The van der Waals surface area contributed by atoms with E-state index in [-0.39, 0.29) is 17.3 Å². The van der Waals surface area contributed by atoms with Crippen LogP contribution in [0.15, 0.2) is 0 Å². The SMILES string of the molecule is CC1(C)CSCC(CN)(CC(=O)O)C1. The first kappa shape index (κ1) is 11.9. The van der Waals surface area contributed by atoms with Gasteiger partial charge in [0.1, 0.15) is 0 Å². The summed E-state index contributed by atoms with van der Waals surface area (Å²) < 4.78 is 0. The fourth-order valence-electron chi connectivity index (χ4n) is 2.30. The van der Waals surface area contributed by atoms with Crippen LogP contribution in [0.4, 0.5) is 0 Å². The zero-order valence-corrected chi connectivity index (χ0v) is 9.69. The van der Waals surface area contributed by atoms with Crippen LogP contribution in [0, 0.1) is 10.8 Å². The summed E-state index contributed by atoms with van der Waals surface area (Å²) in [5, 5.41) is 8.87. The van der Waals surface area contributed by atoms with Gasteiger partial charge in [0.2, 0.25) is 0 Å². The third-order valence-corrected chi connectivity index (χ3v) is 4.52. The average Bonchev–Trinajstić information content (AvgIpc) is 2.01. The Hall–Kier alpha value is -0.220.